The van der Waals surface area contributed by atoms with Crippen molar-refractivity contribution >= 4 is 23.3 Å². The van der Waals surface area contributed by atoms with E-state index in [0.29, 0.717) is 10.7 Å². The topological polar surface area (TPSA) is 91.3 Å². The number of esters is 2. The van der Waals surface area contributed by atoms with Gasteiger partial charge in [-0.3, -0.25) is 9.97 Å². The number of nitrogens with zero attached hydrogens (tertiary/aromatic N) is 3. The van der Waals surface area contributed by atoms with Crippen LogP contribution in [-0.4, -0.2) is 40.1 Å². The second-order valence-corrected chi connectivity index (χ2v) is 4.73. The summed E-state index contributed by atoms with van der Waals surface area (Å²) in [5.74, 6) is -1.26. The summed E-state index contributed by atoms with van der Waals surface area (Å²) >= 11 is 1.03. The molecular formula is C13H13N3O4S. The van der Waals surface area contributed by atoms with Crippen molar-refractivity contribution in [3.05, 3.63) is 29.2 Å². The van der Waals surface area contributed by atoms with Gasteiger partial charge in [0.05, 0.1) is 19.4 Å². The molecule has 0 saturated heterocycles. The molecule has 0 N–H and O–H groups in total. The minimum absolute atomic E-state index is 0.0547. The Morgan fingerprint density at radius 2 is 1.86 bits per heavy atom. The highest BCUT2D eigenvalue weighted by Gasteiger charge is 2.26. The number of ether oxygens (including phenoxy) is 2. The average molecular weight is 307 g/mol. The van der Waals surface area contributed by atoms with Crippen molar-refractivity contribution in [3.63, 3.8) is 0 Å². The van der Waals surface area contributed by atoms with Crippen molar-refractivity contribution in [2.24, 2.45) is 0 Å². The van der Waals surface area contributed by atoms with Gasteiger partial charge in [0.15, 0.2) is 5.69 Å². The predicted molar refractivity (Wildman–Crippen MR) is 75.1 cm³/mol. The Morgan fingerprint density at radius 3 is 2.48 bits per heavy atom. The summed E-state index contributed by atoms with van der Waals surface area (Å²) < 4.78 is 9.84. The predicted octanol–water partition coefficient (Wildman–Crippen LogP) is 1.95. The van der Waals surface area contributed by atoms with Gasteiger partial charge in [-0.15, -0.1) is 11.3 Å². The molecule has 2 heterocycles. The van der Waals surface area contributed by atoms with E-state index in [1.165, 1.54) is 18.6 Å². The van der Waals surface area contributed by atoms with Crippen LogP contribution in [0, 0.1) is 0 Å². The first-order chi connectivity index (χ1) is 10.2. The maximum absolute atomic E-state index is 11.9. The van der Waals surface area contributed by atoms with Crippen LogP contribution < -0.4 is 0 Å². The van der Waals surface area contributed by atoms with Crippen LogP contribution in [0.2, 0.25) is 0 Å². The number of hydrogen-bond donors (Lipinski definition) is 0. The van der Waals surface area contributed by atoms with Gasteiger partial charge in [-0.2, -0.15) is 0 Å². The second kappa shape index (κ2) is 6.89. The van der Waals surface area contributed by atoms with Crippen molar-refractivity contribution < 1.29 is 19.1 Å². The van der Waals surface area contributed by atoms with Gasteiger partial charge >= 0.3 is 11.9 Å². The fourth-order valence-corrected chi connectivity index (χ4v) is 2.42. The van der Waals surface area contributed by atoms with Gasteiger partial charge in [-0.25, -0.2) is 14.6 Å². The van der Waals surface area contributed by atoms with E-state index in [2.05, 4.69) is 15.0 Å². The van der Waals surface area contributed by atoms with Crippen molar-refractivity contribution in [1.29, 1.82) is 0 Å². The lowest BCUT2D eigenvalue weighted by Gasteiger charge is -2.01. The largest absolute Gasteiger partial charge is 0.462 e. The normalized spacial score (nSPS) is 10.2. The van der Waals surface area contributed by atoms with E-state index in [9.17, 15) is 9.59 Å². The van der Waals surface area contributed by atoms with Crippen molar-refractivity contribution in [3.8, 4) is 10.7 Å². The molecule has 0 amide bonds. The lowest BCUT2D eigenvalue weighted by molar-refractivity contribution is 0.0479. The molecule has 2 aromatic heterocycles. The smallest absolute Gasteiger partial charge is 0.358 e. The van der Waals surface area contributed by atoms with Crippen molar-refractivity contribution in [2.45, 2.75) is 13.8 Å². The van der Waals surface area contributed by atoms with E-state index >= 15 is 0 Å². The first-order valence-corrected chi connectivity index (χ1v) is 7.10. The molecule has 0 unspecified atom stereocenters. The maximum Gasteiger partial charge on any atom is 0.358 e. The third kappa shape index (κ3) is 3.40. The Labute approximate surface area is 125 Å². The molecule has 0 radical (unpaired) electrons. The fourth-order valence-electron chi connectivity index (χ4n) is 1.51. The molecule has 0 aliphatic carbocycles. The van der Waals surface area contributed by atoms with Gasteiger partial charge < -0.3 is 9.47 Å². The SMILES string of the molecule is CCOC(=O)c1nc(-c2cnccn2)sc1C(=O)OCC. The van der Waals surface area contributed by atoms with Crippen LogP contribution in [0.15, 0.2) is 18.6 Å². The zero-order chi connectivity index (χ0) is 15.2. The molecule has 0 aliphatic heterocycles. The Bertz CT molecular complexity index is 607. The number of aromatic nitrogens is 3. The highest BCUT2D eigenvalue weighted by molar-refractivity contribution is 7.17. The lowest BCUT2D eigenvalue weighted by atomic mass is 10.3. The average Bonchev–Trinajstić information content (AvgIpc) is 2.94. The molecule has 0 aromatic carbocycles. The van der Waals surface area contributed by atoms with Gasteiger partial charge in [-0.05, 0) is 13.8 Å². The summed E-state index contributed by atoms with van der Waals surface area (Å²) in [4.78, 5) is 36.1. The molecule has 0 aliphatic rings. The second-order valence-electron chi connectivity index (χ2n) is 3.73. The Balaban J connectivity index is 2.44. The summed E-state index contributed by atoms with van der Waals surface area (Å²) in [5.41, 5.74) is 0.421. The van der Waals surface area contributed by atoms with E-state index in [1.54, 1.807) is 13.8 Å². The summed E-state index contributed by atoms with van der Waals surface area (Å²) in [7, 11) is 0. The number of carbonyl (C=O) groups is 2. The van der Waals surface area contributed by atoms with Crippen molar-refractivity contribution in [1.82, 2.24) is 15.0 Å². The van der Waals surface area contributed by atoms with Gasteiger partial charge in [0.2, 0.25) is 0 Å². The zero-order valence-electron chi connectivity index (χ0n) is 11.5. The minimum Gasteiger partial charge on any atom is -0.462 e. The van der Waals surface area contributed by atoms with Gasteiger partial charge in [-0.1, -0.05) is 0 Å². The van der Waals surface area contributed by atoms with Crippen LogP contribution in [0.4, 0.5) is 0 Å². The molecule has 21 heavy (non-hydrogen) atoms. The fraction of sp³-hybridized carbons (Fsp3) is 0.308. The first-order valence-electron chi connectivity index (χ1n) is 6.28. The number of thiazole rings is 1. The summed E-state index contributed by atoms with van der Waals surface area (Å²) in [6, 6.07) is 0. The third-order valence-electron chi connectivity index (χ3n) is 2.34. The van der Waals surface area contributed by atoms with E-state index in [-0.39, 0.29) is 23.8 Å². The summed E-state index contributed by atoms with van der Waals surface area (Å²) in [5, 5.41) is 0.411. The highest BCUT2D eigenvalue weighted by Crippen LogP contribution is 2.27. The molecule has 7 nitrogen and oxygen atoms in total. The van der Waals surface area contributed by atoms with Crippen LogP contribution >= 0.6 is 11.3 Å². The molecule has 2 aromatic rings. The van der Waals surface area contributed by atoms with E-state index in [1.807, 2.05) is 0 Å². The van der Waals surface area contributed by atoms with Crippen LogP contribution in [0.3, 0.4) is 0 Å². The number of hydrogen-bond acceptors (Lipinski definition) is 8. The van der Waals surface area contributed by atoms with Crippen molar-refractivity contribution in [2.75, 3.05) is 13.2 Å². The maximum atomic E-state index is 11.9. The Hall–Kier alpha value is -2.35. The van der Waals surface area contributed by atoms with Gasteiger partial charge in [0, 0.05) is 12.4 Å². The molecule has 110 valence electrons. The van der Waals surface area contributed by atoms with Crippen LogP contribution in [0.25, 0.3) is 10.7 Å². The monoisotopic (exact) mass is 307 g/mol. The molecule has 2 rings (SSSR count). The highest BCUT2D eigenvalue weighted by atomic mass is 32.1. The lowest BCUT2D eigenvalue weighted by Crippen LogP contribution is -2.12. The molecule has 0 spiro atoms. The molecule has 0 bridgehead atoms. The zero-order valence-corrected chi connectivity index (χ0v) is 12.3. The minimum atomic E-state index is -0.660. The van der Waals surface area contributed by atoms with E-state index in [0.717, 1.165) is 11.3 Å². The van der Waals surface area contributed by atoms with Gasteiger partial charge in [0.25, 0.3) is 0 Å². The Morgan fingerprint density at radius 1 is 1.14 bits per heavy atom. The number of rotatable bonds is 5. The first kappa shape index (κ1) is 15.0. The summed E-state index contributed by atoms with van der Waals surface area (Å²) in [6.07, 6.45) is 4.53. The summed E-state index contributed by atoms with van der Waals surface area (Å²) in [6.45, 7) is 3.77. The molecule has 8 heteroatoms. The Kier molecular flexibility index (Phi) is 4.94. The third-order valence-corrected chi connectivity index (χ3v) is 3.40. The van der Waals surface area contributed by atoms with E-state index < -0.39 is 11.9 Å². The standard InChI is InChI=1S/C13H13N3O4S/c1-3-19-12(17)9-10(13(18)20-4-2)21-11(16-9)8-7-14-5-6-15-8/h5-7H,3-4H2,1-2H3. The van der Waals surface area contributed by atoms with Crippen LogP contribution in [0.5, 0.6) is 0 Å². The quantitative estimate of drug-likeness (QED) is 0.780. The van der Waals surface area contributed by atoms with E-state index in [4.69, 9.17) is 9.47 Å². The molecule has 0 atom stereocenters. The van der Waals surface area contributed by atoms with Crippen LogP contribution in [0.1, 0.15) is 34.0 Å². The van der Waals surface area contributed by atoms with Crippen LogP contribution in [-0.2, 0) is 9.47 Å². The number of carbonyl (C=O) groups excluding carboxylic acids is 2. The van der Waals surface area contributed by atoms with Gasteiger partial charge in [0.1, 0.15) is 15.6 Å². The molecular weight excluding hydrogens is 294 g/mol. The molecule has 0 saturated carbocycles. The molecule has 0 fully saturated rings.